The van der Waals surface area contributed by atoms with Crippen molar-refractivity contribution in [2.24, 2.45) is 5.14 Å². The van der Waals surface area contributed by atoms with Gasteiger partial charge in [-0.25, -0.2) is 13.6 Å². The number of nitrogens with one attached hydrogen (secondary N) is 1. The minimum atomic E-state index is -3.69. The number of hydrogen-bond acceptors (Lipinski definition) is 5. The number of benzene rings is 2. The van der Waals surface area contributed by atoms with Crippen molar-refractivity contribution in [1.82, 2.24) is 10.5 Å². The second-order valence-corrected chi connectivity index (χ2v) is 8.09. The van der Waals surface area contributed by atoms with E-state index in [0.29, 0.717) is 24.2 Å². The lowest BCUT2D eigenvalue weighted by atomic mass is 10.1. The summed E-state index contributed by atoms with van der Waals surface area (Å²) in [5.41, 5.74) is 4.43. The van der Waals surface area contributed by atoms with Crippen molar-refractivity contribution in [3.63, 3.8) is 0 Å². The summed E-state index contributed by atoms with van der Waals surface area (Å²) < 4.78 is 27.8. The molecule has 1 aromatic heterocycles. The largest absolute Gasteiger partial charge is 0.356 e. The minimum absolute atomic E-state index is 0.0683. The molecule has 7 nitrogen and oxygen atoms in total. The van der Waals surface area contributed by atoms with Crippen LogP contribution in [0.3, 0.4) is 0 Å². The zero-order chi connectivity index (χ0) is 19.6. The van der Waals surface area contributed by atoms with Crippen LogP contribution in [0.2, 0.25) is 0 Å². The number of carbonyl (C=O) groups excluding carboxylic acids is 1. The monoisotopic (exact) mass is 387 g/mol. The van der Waals surface area contributed by atoms with Crippen LogP contribution in [-0.2, 0) is 27.7 Å². The molecule has 0 bridgehead atoms. The van der Waals surface area contributed by atoms with E-state index in [2.05, 4.69) is 10.5 Å². The van der Waals surface area contributed by atoms with Crippen molar-refractivity contribution < 1.29 is 17.7 Å². The third-order valence-corrected chi connectivity index (χ3v) is 5.41. The Bertz CT molecular complexity index is 1090. The van der Waals surface area contributed by atoms with Crippen LogP contribution < -0.4 is 10.5 Å². The van der Waals surface area contributed by atoms with Crippen LogP contribution in [-0.4, -0.2) is 26.0 Å². The third kappa shape index (κ3) is 4.53. The van der Waals surface area contributed by atoms with Crippen molar-refractivity contribution in [2.45, 2.75) is 31.6 Å². The topological polar surface area (TPSA) is 115 Å². The first-order valence-corrected chi connectivity index (χ1v) is 10.0. The number of hydrogen-bond donors (Lipinski definition) is 2. The summed E-state index contributed by atoms with van der Waals surface area (Å²) >= 11 is 0. The number of amides is 1. The maximum atomic E-state index is 12.2. The SMILES string of the molecule is Cc1cc2onc(CC(=O)NCCc3ccc(S(N)(=O)=O)cc3)c2cc1C. The van der Waals surface area contributed by atoms with Gasteiger partial charge in [-0.1, -0.05) is 17.3 Å². The Morgan fingerprint density at radius 1 is 1.15 bits per heavy atom. The first-order chi connectivity index (χ1) is 12.7. The van der Waals surface area contributed by atoms with Gasteiger partial charge in [0.1, 0.15) is 5.69 Å². The van der Waals surface area contributed by atoms with Crippen molar-refractivity contribution >= 4 is 26.9 Å². The molecule has 142 valence electrons. The highest BCUT2D eigenvalue weighted by atomic mass is 32.2. The van der Waals surface area contributed by atoms with E-state index in [1.165, 1.54) is 12.1 Å². The van der Waals surface area contributed by atoms with E-state index in [1.807, 2.05) is 26.0 Å². The molecule has 1 amide bonds. The lowest BCUT2D eigenvalue weighted by molar-refractivity contribution is -0.120. The maximum absolute atomic E-state index is 12.2. The first-order valence-electron chi connectivity index (χ1n) is 8.48. The number of aromatic nitrogens is 1. The van der Waals surface area contributed by atoms with Crippen LogP contribution in [0, 0.1) is 13.8 Å². The van der Waals surface area contributed by atoms with Gasteiger partial charge in [-0.15, -0.1) is 0 Å². The first kappa shape index (κ1) is 19.1. The van der Waals surface area contributed by atoms with Gasteiger partial charge in [-0.3, -0.25) is 4.79 Å². The number of rotatable bonds is 6. The normalized spacial score (nSPS) is 11.7. The molecule has 0 radical (unpaired) electrons. The summed E-state index contributed by atoms with van der Waals surface area (Å²) in [4.78, 5) is 12.3. The van der Waals surface area contributed by atoms with Gasteiger partial charge >= 0.3 is 0 Å². The molecule has 3 rings (SSSR count). The summed E-state index contributed by atoms with van der Waals surface area (Å²) in [5.74, 6) is -0.149. The molecular weight excluding hydrogens is 366 g/mol. The van der Waals surface area contributed by atoms with Crippen LogP contribution in [0.15, 0.2) is 45.8 Å². The van der Waals surface area contributed by atoms with Crippen LogP contribution in [0.1, 0.15) is 22.4 Å². The zero-order valence-corrected chi connectivity index (χ0v) is 16.0. The Morgan fingerprint density at radius 2 is 1.81 bits per heavy atom. The quantitative estimate of drug-likeness (QED) is 0.671. The molecule has 27 heavy (non-hydrogen) atoms. The minimum Gasteiger partial charge on any atom is -0.356 e. The van der Waals surface area contributed by atoms with E-state index in [9.17, 15) is 13.2 Å². The predicted molar refractivity (Wildman–Crippen MR) is 102 cm³/mol. The third-order valence-electron chi connectivity index (χ3n) is 4.48. The van der Waals surface area contributed by atoms with Gasteiger partial charge in [0.05, 0.1) is 11.3 Å². The van der Waals surface area contributed by atoms with Crippen LogP contribution in [0.25, 0.3) is 11.0 Å². The second-order valence-electron chi connectivity index (χ2n) is 6.53. The fraction of sp³-hybridized carbons (Fsp3) is 0.263. The van der Waals surface area contributed by atoms with Gasteiger partial charge < -0.3 is 9.84 Å². The second kappa shape index (κ2) is 7.50. The molecular formula is C19H21N3O4S. The van der Waals surface area contributed by atoms with Gasteiger partial charge in [0.2, 0.25) is 15.9 Å². The molecule has 0 unspecified atom stereocenters. The molecule has 2 aromatic carbocycles. The van der Waals surface area contributed by atoms with Gasteiger partial charge in [-0.05, 0) is 61.2 Å². The number of nitrogens with zero attached hydrogens (tertiary/aromatic N) is 1. The number of aryl methyl sites for hydroxylation is 2. The fourth-order valence-electron chi connectivity index (χ4n) is 2.78. The van der Waals surface area contributed by atoms with Crippen LogP contribution >= 0.6 is 0 Å². The van der Waals surface area contributed by atoms with E-state index in [4.69, 9.17) is 9.66 Å². The average Bonchev–Trinajstić information content (AvgIpc) is 2.97. The lowest BCUT2D eigenvalue weighted by Crippen LogP contribution is -2.27. The molecule has 0 saturated heterocycles. The van der Waals surface area contributed by atoms with E-state index in [-0.39, 0.29) is 17.2 Å². The maximum Gasteiger partial charge on any atom is 0.238 e. The molecule has 0 fully saturated rings. The smallest absolute Gasteiger partial charge is 0.238 e. The number of carbonyl (C=O) groups is 1. The molecule has 0 aliphatic carbocycles. The molecule has 0 aliphatic rings. The summed E-state index contributed by atoms with van der Waals surface area (Å²) in [6.07, 6.45) is 0.717. The lowest BCUT2D eigenvalue weighted by Gasteiger charge is -2.05. The van der Waals surface area contributed by atoms with Crippen molar-refractivity contribution in [1.29, 1.82) is 0 Å². The van der Waals surface area contributed by atoms with E-state index in [1.54, 1.807) is 12.1 Å². The highest BCUT2D eigenvalue weighted by Crippen LogP contribution is 2.22. The molecule has 0 aliphatic heterocycles. The molecule has 0 saturated carbocycles. The molecule has 3 N–H and O–H groups in total. The Morgan fingerprint density at radius 3 is 2.48 bits per heavy atom. The van der Waals surface area contributed by atoms with E-state index < -0.39 is 10.0 Å². The summed E-state index contributed by atoms with van der Waals surface area (Å²) in [5, 5.41) is 12.8. The van der Waals surface area contributed by atoms with Gasteiger partial charge in [0.15, 0.2) is 5.58 Å². The fourth-order valence-corrected chi connectivity index (χ4v) is 3.29. The van der Waals surface area contributed by atoms with E-state index >= 15 is 0 Å². The molecule has 8 heteroatoms. The molecule has 3 aromatic rings. The van der Waals surface area contributed by atoms with Gasteiger partial charge in [-0.2, -0.15) is 0 Å². The summed E-state index contributed by atoms with van der Waals surface area (Å²) in [6.45, 7) is 4.44. The van der Waals surface area contributed by atoms with E-state index in [0.717, 1.165) is 22.1 Å². The van der Waals surface area contributed by atoms with Crippen LogP contribution in [0.4, 0.5) is 0 Å². The number of nitrogens with two attached hydrogens (primary N) is 1. The predicted octanol–water partition coefficient (Wildman–Crippen LogP) is 1.99. The summed E-state index contributed by atoms with van der Waals surface area (Å²) in [6, 6.07) is 10.2. The Balaban J connectivity index is 1.57. The number of fused-ring (bicyclic) bond motifs is 1. The number of primary sulfonamides is 1. The van der Waals surface area contributed by atoms with Crippen molar-refractivity contribution in [3.05, 3.63) is 58.8 Å². The Labute approximate surface area is 157 Å². The van der Waals surface area contributed by atoms with Crippen molar-refractivity contribution in [3.8, 4) is 0 Å². The highest BCUT2D eigenvalue weighted by Gasteiger charge is 2.13. The molecule has 0 atom stereocenters. The standard InChI is InChI=1S/C19H21N3O4S/c1-12-9-16-17(22-26-18(16)10-13(12)2)11-19(23)21-8-7-14-3-5-15(6-4-14)27(20,24)25/h3-6,9-10H,7-8,11H2,1-2H3,(H,21,23)(H2,20,24,25). The zero-order valence-electron chi connectivity index (χ0n) is 15.2. The van der Waals surface area contributed by atoms with Crippen molar-refractivity contribution in [2.75, 3.05) is 6.54 Å². The Kier molecular flexibility index (Phi) is 5.29. The summed E-state index contributed by atoms with van der Waals surface area (Å²) in [7, 11) is -3.69. The van der Waals surface area contributed by atoms with Crippen LogP contribution in [0.5, 0.6) is 0 Å². The molecule has 0 spiro atoms. The van der Waals surface area contributed by atoms with Gasteiger partial charge in [0, 0.05) is 11.9 Å². The average molecular weight is 387 g/mol. The highest BCUT2D eigenvalue weighted by molar-refractivity contribution is 7.89. The van der Waals surface area contributed by atoms with Gasteiger partial charge in [0.25, 0.3) is 0 Å². The number of sulfonamides is 1. The Hall–Kier alpha value is -2.71. The molecule has 1 heterocycles.